The Morgan fingerprint density at radius 3 is 2.67 bits per heavy atom. The Morgan fingerprint density at radius 2 is 1.90 bits per heavy atom. The van der Waals surface area contributed by atoms with Crippen molar-refractivity contribution in [1.82, 2.24) is 9.97 Å². The molecule has 2 heterocycles. The SMILES string of the molecule is COc1ccc(SNc2cccc(C(=O)Nc3nc(-c4ccccn4)cs3)c2)cc1. The zero-order valence-corrected chi connectivity index (χ0v) is 17.7. The first-order chi connectivity index (χ1) is 14.7. The molecule has 0 saturated heterocycles. The van der Waals surface area contributed by atoms with Crippen molar-refractivity contribution < 1.29 is 9.53 Å². The number of carbonyl (C=O) groups excluding carboxylic acids is 1. The van der Waals surface area contributed by atoms with E-state index >= 15 is 0 Å². The fraction of sp³-hybridized carbons (Fsp3) is 0.0455. The van der Waals surface area contributed by atoms with Crippen LogP contribution in [0.25, 0.3) is 11.4 Å². The Morgan fingerprint density at radius 1 is 1.03 bits per heavy atom. The second-order valence-electron chi connectivity index (χ2n) is 6.17. The van der Waals surface area contributed by atoms with Crippen LogP contribution in [-0.2, 0) is 0 Å². The van der Waals surface area contributed by atoms with Crippen molar-refractivity contribution in [1.29, 1.82) is 0 Å². The Bertz CT molecular complexity index is 1130. The van der Waals surface area contributed by atoms with Crippen molar-refractivity contribution in [2.45, 2.75) is 4.90 Å². The van der Waals surface area contributed by atoms with Crippen molar-refractivity contribution in [2.24, 2.45) is 0 Å². The average Bonchev–Trinajstić information content (AvgIpc) is 3.27. The van der Waals surface area contributed by atoms with E-state index in [1.165, 1.54) is 23.3 Å². The van der Waals surface area contributed by atoms with Crippen LogP contribution in [0.15, 0.2) is 83.2 Å². The van der Waals surface area contributed by atoms with E-state index in [4.69, 9.17) is 4.74 Å². The second kappa shape index (κ2) is 9.43. The lowest BCUT2D eigenvalue weighted by Gasteiger charge is -2.08. The van der Waals surface area contributed by atoms with Crippen molar-refractivity contribution in [3.63, 3.8) is 0 Å². The third kappa shape index (κ3) is 4.97. The van der Waals surface area contributed by atoms with Gasteiger partial charge in [-0.25, -0.2) is 4.98 Å². The van der Waals surface area contributed by atoms with E-state index in [1.807, 2.05) is 60.0 Å². The first-order valence-corrected chi connectivity index (χ1v) is 10.8. The molecule has 30 heavy (non-hydrogen) atoms. The Hall–Kier alpha value is -3.36. The molecule has 0 spiro atoms. The molecule has 2 aromatic heterocycles. The maximum absolute atomic E-state index is 12.6. The van der Waals surface area contributed by atoms with Crippen LogP contribution in [0.2, 0.25) is 0 Å². The zero-order chi connectivity index (χ0) is 20.8. The minimum Gasteiger partial charge on any atom is -0.497 e. The molecule has 1 amide bonds. The standard InChI is InChI=1S/C22H18N4O2S2/c1-28-17-8-10-18(11-9-17)30-26-16-6-4-5-15(13-16)21(27)25-22-24-20(14-29-22)19-7-2-3-12-23-19/h2-14,26H,1H3,(H,24,25,27). The lowest BCUT2D eigenvalue weighted by Crippen LogP contribution is -2.11. The number of hydrogen-bond acceptors (Lipinski definition) is 7. The fourth-order valence-corrected chi connectivity index (χ4v) is 3.95. The second-order valence-corrected chi connectivity index (χ2v) is 7.91. The molecular weight excluding hydrogens is 416 g/mol. The van der Waals surface area contributed by atoms with Gasteiger partial charge in [0.15, 0.2) is 5.13 Å². The van der Waals surface area contributed by atoms with Crippen molar-refractivity contribution in [2.75, 3.05) is 17.1 Å². The number of rotatable bonds is 7. The van der Waals surface area contributed by atoms with Gasteiger partial charge in [0.1, 0.15) is 11.4 Å². The number of pyridine rings is 1. The van der Waals surface area contributed by atoms with Gasteiger partial charge in [0.05, 0.1) is 12.8 Å². The third-order valence-corrected chi connectivity index (χ3v) is 5.73. The number of anilines is 2. The highest BCUT2D eigenvalue weighted by Crippen LogP contribution is 2.26. The number of nitrogens with one attached hydrogen (secondary N) is 2. The van der Waals surface area contributed by atoms with Crippen molar-refractivity contribution in [3.8, 4) is 17.1 Å². The first-order valence-electron chi connectivity index (χ1n) is 9.06. The number of benzene rings is 2. The van der Waals surface area contributed by atoms with E-state index in [1.54, 1.807) is 25.4 Å². The molecule has 2 N–H and O–H groups in total. The Kier molecular flexibility index (Phi) is 6.26. The number of aromatic nitrogens is 2. The molecule has 0 atom stereocenters. The quantitative estimate of drug-likeness (QED) is 0.370. The molecule has 0 saturated carbocycles. The summed E-state index contributed by atoms with van der Waals surface area (Å²) in [5.41, 5.74) is 2.89. The van der Waals surface area contributed by atoms with E-state index in [0.29, 0.717) is 10.7 Å². The normalized spacial score (nSPS) is 10.4. The summed E-state index contributed by atoms with van der Waals surface area (Å²) < 4.78 is 8.43. The van der Waals surface area contributed by atoms with Crippen LogP contribution in [0.3, 0.4) is 0 Å². The van der Waals surface area contributed by atoms with Gasteiger partial charge in [-0.15, -0.1) is 11.3 Å². The Balaban J connectivity index is 1.39. The monoisotopic (exact) mass is 434 g/mol. The molecular formula is C22H18N4O2S2. The minimum absolute atomic E-state index is 0.213. The highest BCUT2D eigenvalue weighted by atomic mass is 32.2. The lowest BCUT2D eigenvalue weighted by atomic mass is 10.2. The van der Waals surface area contributed by atoms with E-state index in [9.17, 15) is 4.79 Å². The van der Waals surface area contributed by atoms with Crippen LogP contribution in [0.4, 0.5) is 10.8 Å². The van der Waals surface area contributed by atoms with Gasteiger partial charge < -0.3 is 9.46 Å². The van der Waals surface area contributed by atoms with Crippen LogP contribution in [0.1, 0.15) is 10.4 Å². The topological polar surface area (TPSA) is 76.1 Å². The van der Waals surface area contributed by atoms with Gasteiger partial charge in [-0.05, 0) is 66.5 Å². The molecule has 0 bridgehead atoms. The summed E-state index contributed by atoms with van der Waals surface area (Å²) in [6.07, 6.45) is 1.72. The largest absolute Gasteiger partial charge is 0.497 e. The van der Waals surface area contributed by atoms with Crippen molar-refractivity contribution in [3.05, 3.63) is 83.9 Å². The average molecular weight is 435 g/mol. The van der Waals surface area contributed by atoms with E-state index in [2.05, 4.69) is 20.0 Å². The summed E-state index contributed by atoms with van der Waals surface area (Å²) in [4.78, 5) is 22.4. The van der Waals surface area contributed by atoms with Crippen molar-refractivity contribution >= 4 is 40.0 Å². The third-order valence-electron chi connectivity index (χ3n) is 4.12. The molecule has 4 aromatic rings. The molecule has 0 fully saturated rings. The van der Waals surface area contributed by atoms with Crippen LogP contribution in [0.5, 0.6) is 5.75 Å². The number of nitrogens with zero attached hydrogens (tertiary/aromatic N) is 2. The van der Waals surface area contributed by atoms with Gasteiger partial charge in [0, 0.05) is 27.7 Å². The van der Waals surface area contributed by atoms with Crippen LogP contribution in [0, 0.1) is 0 Å². The first kappa shape index (κ1) is 19.9. The smallest absolute Gasteiger partial charge is 0.257 e. The Labute approximate surface area is 182 Å². The highest BCUT2D eigenvalue weighted by Gasteiger charge is 2.11. The molecule has 2 aromatic carbocycles. The summed E-state index contributed by atoms with van der Waals surface area (Å²) in [5.74, 6) is 0.599. The molecule has 0 unspecified atom stereocenters. The van der Waals surface area contributed by atoms with Crippen LogP contribution < -0.4 is 14.8 Å². The van der Waals surface area contributed by atoms with Gasteiger partial charge >= 0.3 is 0 Å². The molecule has 0 radical (unpaired) electrons. The van der Waals surface area contributed by atoms with Gasteiger partial charge in [0.25, 0.3) is 5.91 Å². The fourth-order valence-electron chi connectivity index (χ4n) is 2.62. The maximum Gasteiger partial charge on any atom is 0.257 e. The van der Waals surface area contributed by atoms with Gasteiger partial charge in [-0.1, -0.05) is 12.1 Å². The summed E-state index contributed by atoms with van der Waals surface area (Å²) in [6, 6.07) is 20.7. The molecule has 0 aliphatic rings. The van der Waals surface area contributed by atoms with E-state index in [-0.39, 0.29) is 5.91 Å². The number of methoxy groups -OCH3 is 1. The van der Waals surface area contributed by atoms with E-state index < -0.39 is 0 Å². The number of carbonyl (C=O) groups is 1. The predicted octanol–water partition coefficient (Wildman–Crippen LogP) is 5.59. The van der Waals surface area contributed by atoms with Gasteiger partial charge in [-0.2, -0.15) is 0 Å². The maximum atomic E-state index is 12.6. The summed E-state index contributed by atoms with van der Waals surface area (Å²) in [7, 11) is 1.64. The van der Waals surface area contributed by atoms with Gasteiger partial charge in [0.2, 0.25) is 0 Å². The number of thiazole rings is 1. The minimum atomic E-state index is -0.213. The summed E-state index contributed by atoms with van der Waals surface area (Å²) in [6.45, 7) is 0. The van der Waals surface area contributed by atoms with Crippen LogP contribution in [-0.4, -0.2) is 23.0 Å². The molecule has 0 aliphatic heterocycles. The van der Waals surface area contributed by atoms with Gasteiger partial charge in [-0.3, -0.25) is 15.1 Å². The number of hydrogen-bond donors (Lipinski definition) is 2. The number of ether oxygens (including phenoxy) is 1. The molecule has 150 valence electrons. The molecule has 8 heteroatoms. The molecule has 0 aliphatic carbocycles. The predicted molar refractivity (Wildman–Crippen MR) is 122 cm³/mol. The zero-order valence-electron chi connectivity index (χ0n) is 16.0. The summed E-state index contributed by atoms with van der Waals surface area (Å²) in [5, 5.41) is 5.26. The lowest BCUT2D eigenvalue weighted by molar-refractivity contribution is 0.102. The number of amides is 1. The highest BCUT2D eigenvalue weighted by molar-refractivity contribution is 8.00. The molecule has 6 nitrogen and oxygen atoms in total. The van der Waals surface area contributed by atoms with Crippen LogP contribution >= 0.6 is 23.3 Å². The summed E-state index contributed by atoms with van der Waals surface area (Å²) >= 11 is 2.83. The molecule has 4 rings (SSSR count). The van der Waals surface area contributed by atoms with E-state index in [0.717, 1.165) is 27.7 Å².